The first-order chi connectivity index (χ1) is 17.3. The number of rotatable bonds is 5. The molecule has 5 rings (SSSR count). The highest BCUT2D eigenvalue weighted by Crippen LogP contribution is 2.34. The zero-order valence-corrected chi connectivity index (χ0v) is 19.6. The molecule has 0 saturated heterocycles. The van der Waals surface area contributed by atoms with Gasteiger partial charge in [0, 0.05) is 18.2 Å². The molecule has 1 heterocycles. The van der Waals surface area contributed by atoms with Crippen molar-refractivity contribution >= 4 is 27.3 Å². The lowest BCUT2D eigenvalue weighted by Crippen LogP contribution is -2.23. The van der Waals surface area contributed by atoms with E-state index in [0.717, 1.165) is 5.56 Å². The van der Waals surface area contributed by atoms with Crippen LogP contribution in [0.5, 0.6) is 17.2 Å². The molecule has 4 aromatic carbocycles. The molecule has 0 bridgehead atoms. The van der Waals surface area contributed by atoms with Crippen LogP contribution in [0, 0.1) is 0 Å². The summed E-state index contributed by atoms with van der Waals surface area (Å²) in [6.07, 6.45) is 0. The Labute approximate surface area is 207 Å². The fourth-order valence-electron chi connectivity index (χ4n) is 3.89. The average Bonchev–Trinajstić information content (AvgIpc) is 2.95. The number of ether oxygens (including phenoxy) is 1. The fraction of sp³-hybridized carbons (Fsp3) is 0.0370. The number of phenols is 1. The summed E-state index contributed by atoms with van der Waals surface area (Å²) in [5.41, 5.74) is 1.06. The van der Waals surface area contributed by atoms with Crippen LogP contribution >= 0.6 is 0 Å². The maximum absolute atomic E-state index is 13.1. The van der Waals surface area contributed by atoms with Crippen molar-refractivity contribution in [2.24, 2.45) is 0 Å². The van der Waals surface area contributed by atoms with Crippen molar-refractivity contribution < 1.29 is 27.9 Å². The fourth-order valence-corrected chi connectivity index (χ4v) is 5.48. The van der Waals surface area contributed by atoms with Crippen LogP contribution in [0.2, 0.25) is 0 Å². The molecule has 0 atom stereocenters. The molecule has 0 fully saturated rings. The molecule has 4 aromatic rings. The molecule has 0 radical (unpaired) electrons. The largest absolute Gasteiger partial charge is 0.508 e. The van der Waals surface area contributed by atoms with Crippen molar-refractivity contribution in [1.82, 2.24) is 5.32 Å². The highest BCUT2D eigenvalue weighted by Gasteiger charge is 2.31. The van der Waals surface area contributed by atoms with Gasteiger partial charge in [-0.05, 0) is 60.2 Å². The van der Waals surface area contributed by atoms with E-state index in [-0.39, 0.29) is 38.9 Å². The van der Waals surface area contributed by atoms with Crippen molar-refractivity contribution in [2.75, 3.05) is 5.32 Å². The van der Waals surface area contributed by atoms with Gasteiger partial charge in [0.1, 0.15) is 17.2 Å². The molecule has 0 saturated carbocycles. The van der Waals surface area contributed by atoms with Gasteiger partial charge in [-0.2, -0.15) is 0 Å². The summed E-state index contributed by atoms with van der Waals surface area (Å²) in [6.45, 7) is 0.184. The standard InChI is InChI=1S/C27H20N2O6S/c30-19-6-4-8-21(15-19)35-20-7-3-5-17(13-20)16-28-26(31)18-11-12-25-23(14-18)29-27(32)22-9-1-2-10-24(22)36(25,33)34/h1-15,30H,16H2,(H,28,31)(H,29,32). The number of carbonyl (C=O) groups excluding carboxylic acids is 2. The monoisotopic (exact) mass is 500 g/mol. The summed E-state index contributed by atoms with van der Waals surface area (Å²) < 4.78 is 32.0. The lowest BCUT2D eigenvalue weighted by molar-refractivity contribution is 0.0949. The van der Waals surface area contributed by atoms with Crippen LogP contribution in [0.3, 0.4) is 0 Å². The van der Waals surface area contributed by atoms with E-state index in [9.17, 15) is 23.1 Å². The minimum absolute atomic E-state index is 0.0466. The van der Waals surface area contributed by atoms with E-state index < -0.39 is 21.7 Å². The van der Waals surface area contributed by atoms with E-state index >= 15 is 0 Å². The zero-order chi connectivity index (χ0) is 25.3. The zero-order valence-electron chi connectivity index (χ0n) is 18.8. The number of benzene rings is 4. The van der Waals surface area contributed by atoms with Crippen LogP contribution in [0.1, 0.15) is 26.3 Å². The number of hydrogen-bond donors (Lipinski definition) is 3. The van der Waals surface area contributed by atoms with Gasteiger partial charge in [-0.1, -0.05) is 30.3 Å². The normalized spacial score (nSPS) is 13.5. The smallest absolute Gasteiger partial charge is 0.257 e. The average molecular weight is 501 g/mol. The molecular formula is C27H20N2O6S. The summed E-state index contributed by atoms with van der Waals surface area (Å²) in [6, 6.07) is 23.6. The topological polar surface area (TPSA) is 122 Å². The van der Waals surface area contributed by atoms with Gasteiger partial charge >= 0.3 is 0 Å². The molecule has 3 N–H and O–H groups in total. The molecule has 2 amide bonds. The van der Waals surface area contributed by atoms with Gasteiger partial charge in [0.05, 0.1) is 21.0 Å². The van der Waals surface area contributed by atoms with Gasteiger partial charge < -0.3 is 20.5 Å². The number of aromatic hydroxyl groups is 1. The van der Waals surface area contributed by atoms with Gasteiger partial charge in [-0.15, -0.1) is 0 Å². The lowest BCUT2D eigenvalue weighted by atomic mass is 10.1. The van der Waals surface area contributed by atoms with Gasteiger partial charge in [0.2, 0.25) is 9.84 Å². The van der Waals surface area contributed by atoms with E-state index in [4.69, 9.17) is 4.74 Å². The van der Waals surface area contributed by atoms with Gasteiger partial charge in [0.25, 0.3) is 11.8 Å². The number of sulfone groups is 1. The minimum Gasteiger partial charge on any atom is -0.508 e. The molecule has 0 aromatic heterocycles. The second-order valence-corrected chi connectivity index (χ2v) is 9.98. The second-order valence-electron chi connectivity index (χ2n) is 8.09. The van der Waals surface area contributed by atoms with E-state index in [0.29, 0.717) is 11.5 Å². The van der Waals surface area contributed by atoms with Crippen LogP contribution in [-0.4, -0.2) is 25.3 Å². The first-order valence-electron chi connectivity index (χ1n) is 10.9. The maximum atomic E-state index is 13.1. The van der Waals surface area contributed by atoms with E-state index in [1.807, 2.05) is 6.07 Å². The third-order valence-electron chi connectivity index (χ3n) is 5.61. The Morgan fingerprint density at radius 1 is 0.861 bits per heavy atom. The van der Waals surface area contributed by atoms with Gasteiger partial charge in [0.15, 0.2) is 0 Å². The van der Waals surface area contributed by atoms with Crippen LogP contribution in [-0.2, 0) is 16.4 Å². The predicted octanol–water partition coefficient (Wildman–Crippen LogP) is 4.51. The van der Waals surface area contributed by atoms with Crippen molar-refractivity contribution in [3.05, 3.63) is 108 Å². The molecule has 0 unspecified atom stereocenters. The lowest BCUT2D eigenvalue weighted by Gasteiger charge is -2.11. The summed E-state index contributed by atoms with van der Waals surface area (Å²) in [5, 5.41) is 15.0. The van der Waals surface area contributed by atoms with Crippen molar-refractivity contribution in [3.63, 3.8) is 0 Å². The molecule has 36 heavy (non-hydrogen) atoms. The number of hydrogen-bond acceptors (Lipinski definition) is 6. The van der Waals surface area contributed by atoms with E-state index in [1.165, 1.54) is 36.4 Å². The first-order valence-corrected chi connectivity index (χ1v) is 12.4. The number of nitrogens with one attached hydrogen (secondary N) is 2. The van der Waals surface area contributed by atoms with Crippen molar-refractivity contribution in [2.45, 2.75) is 16.3 Å². The van der Waals surface area contributed by atoms with Crippen LogP contribution in [0.15, 0.2) is 101 Å². The summed E-state index contributed by atoms with van der Waals surface area (Å²) >= 11 is 0. The SMILES string of the molecule is O=C(NCc1cccc(Oc2cccc(O)c2)c1)c1ccc2c(c1)NC(=O)c1ccccc1S2(=O)=O. The maximum Gasteiger partial charge on any atom is 0.257 e. The number of carbonyl (C=O) groups is 2. The van der Waals surface area contributed by atoms with Gasteiger partial charge in [-0.3, -0.25) is 9.59 Å². The van der Waals surface area contributed by atoms with Crippen LogP contribution in [0.4, 0.5) is 5.69 Å². The summed E-state index contributed by atoms with van der Waals surface area (Å²) in [5.74, 6) is 0.0919. The summed E-state index contributed by atoms with van der Waals surface area (Å²) in [4.78, 5) is 25.3. The summed E-state index contributed by atoms with van der Waals surface area (Å²) in [7, 11) is -3.95. The van der Waals surface area contributed by atoms with Crippen molar-refractivity contribution in [1.29, 1.82) is 0 Å². The Bertz CT molecular complexity index is 1610. The quantitative estimate of drug-likeness (QED) is 0.371. The number of anilines is 1. The Morgan fingerprint density at radius 3 is 2.42 bits per heavy atom. The molecule has 1 aliphatic rings. The highest BCUT2D eigenvalue weighted by molar-refractivity contribution is 7.91. The van der Waals surface area contributed by atoms with Crippen LogP contribution < -0.4 is 15.4 Å². The molecule has 8 nitrogen and oxygen atoms in total. The van der Waals surface area contributed by atoms with Crippen molar-refractivity contribution in [3.8, 4) is 17.2 Å². The third-order valence-corrected chi connectivity index (χ3v) is 7.48. The highest BCUT2D eigenvalue weighted by atomic mass is 32.2. The Morgan fingerprint density at radius 2 is 1.61 bits per heavy atom. The van der Waals surface area contributed by atoms with Gasteiger partial charge in [-0.25, -0.2) is 8.42 Å². The molecule has 180 valence electrons. The Kier molecular flexibility index (Phi) is 5.91. The predicted molar refractivity (Wildman–Crippen MR) is 132 cm³/mol. The molecule has 0 aliphatic carbocycles. The molecule has 9 heteroatoms. The molecule has 1 aliphatic heterocycles. The number of amides is 2. The molecule has 0 spiro atoms. The van der Waals surface area contributed by atoms with Crippen LogP contribution in [0.25, 0.3) is 0 Å². The number of fused-ring (bicyclic) bond motifs is 2. The minimum atomic E-state index is -3.95. The number of phenolic OH excluding ortho intramolecular Hbond substituents is 1. The Hall–Kier alpha value is -4.63. The third kappa shape index (κ3) is 4.51. The first kappa shape index (κ1) is 23.1. The Balaban J connectivity index is 1.33. The van der Waals surface area contributed by atoms with E-state index in [1.54, 1.807) is 48.5 Å². The van der Waals surface area contributed by atoms with E-state index in [2.05, 4.69) is 10.6 Å². The molecular weight excluding hydrogens is 480 g/mol. The second kappa shape index (κ2) is 9.20.